The Morgan fingerprint density at radius 1 is 0.372 bits per heavy atom. The van der Waals surface area contributed by atoms with Crippen LogP contribution in [0.3, 0.4) is 0 Å². The van der Waals surface area contributed by atoms with E-state index >= 15 is 0 Å². The molecule has 1 saturated heterocycles. The third-order valence-corrected chi connectivity index (χ3v) is 29.6. The van der Waals surface area contributed by atoms with E-state index < -0.39 is 0 Å². The normalized spacial score (nSPS) is 17.9. The van der Waals surface area contributed by atoms with Gasteiger partial charge in [-0.15, -0.1) is 0 Å². The lowest BCUT2D eigenvalue weighted by Gasteiger charge is -2.29. The minimum atomic E-state index is -0.208. The molecule has 148 heavy (non-hydrogen) atoms. The van der Waals surface area contributed by atoms with Crippen molar-refractivity contribution in [2.45, 2.75) is 225 Å². The maximum absolute atomic E-state index is 14.2. The minimum Gasteiger partial charge on any atom is -0.379 e. The highest BCUT2D eigenvalue weighted by atomic mass is 35.5. The van der Waals surface area contributed by atoms with E-state index in [1.807, 2.05) is 250 Å². The van der Waals surface area contributed by atoms with E-state index in [4.69, 9.17) is 88.3 Å². The SMILES string of the molecule is CCNc1ncc2cc(-c3ccc(-c4cccc(C)n4)cc3Cl)c(=O)n(C3CCC(N)CC3)c2n1.Cc1cccc(-c2ccc(-c3cc4cnc(NC(C)C)nc4n(C4CCC(N)CC4)c3=O)c(Cl)c2)n1.Cc1cccc(-c2ccc(-c3cc4cnc(NC5CCCCC5)nc4n(C4CCC(N)CC4)c3=O)c(Cl)c2)n1.Cc1cccnc1-c1ccc(-c2cc3cnc(N[C@@H]4CCOC4)nc3n(Cc3ccccn3)c2=O)c(Cl)c1. The Hall–Kier alpha value is -14.0. The Bertz CT molecular complexity index is 8010. The number of halogens is 4. The van der Waals surface area contributed by atoms with E-state index in [-0.39, 0.29) is 77.1 Å². The maximum Gasteiger partial charge on any atom is 0.260 e. The summed E-state index contributed by atoms with van der Waals surface area (Å²) in [6, 6.07) is 58.9. The fraction of sp³-hybridized carbons (Fsp3) is 0.330. The number of fused-ring (bicyclic) bond motifs is 4. The zero-order chi connectivity index (χ0) is 103. The number of pyridine rings is 9. The van der Waals surface area contributed by atoms with Crippen LogP contribution < -0.4 is 60.7 Å². The molecule has 0 bridgehead atoms. The van der Waals surface area contributed by atoms with Gasteiger partial charge >= 0.3 is 0 Å². The number of ether oxygens (including phenoxy) is 1. The molecule has 14 heterocycles. The molecule has 4 saturated carbocycles. The van der Waals surface area contributed by atoms with Crippen molar-refractivity contribution in [1.29, 1.82) is 0 Å². The summed E-state index contributed by atoms with van der Waals surface area (Å²) in [6.07, 6.45) is 27.8. The Labute approximate surface area is 877 Å². The van der Waals surface area contributed by atoms with Gasteiger partial charge in [0.1, 0.15) is 22.6 Å². The van der Waals surface area contributed by atoms with Crippen LogP contribution in [0.5, 0.6) is 0 Å². The fourth-order valence-electron chi connectivity index (χ4n) is 20.6. The predicted octanol–water partition coefficient (Wildman–Crippen LogP) is 22.9. The molecular weight excluding hydrogens is 1940 g/mol. The molecular formula is C115H120Cl4N24O5. The van der Waals surface area contributed by atoms with Crippen LogP contribution in [0.15, 0.2) is 238 Å². The van der Waals surface area contributed by atoms with Crippen molar-refractivity contribution in [3.8, 4) is 89.5 Å². The van der Waals surface area contributed by atoms with Gasteiger partial charge in [0.2, 0.25) is 23.8 Å². The summed E-state index contributed by atoms with van der Waals surface area (Å²) in [4.78, 5) is 116. The molecule has 758 valence electrons. The quantitative estimate of drug-likeness (QED) is 0.0351. The van der Waals surface area contributed by atoms with Gasteiger partial charge in [0, 0.05) is 224 Å². The van der Waals surface area contributed by atoms with E-state index in [1.54, 1.807) is 35.6 Å². The monoisotopic (exact) mass is 2060 g/mol. The highest BCUT2D eigenvalue weighted by Crippen LogP contribution is 2.42. The van der Waals surface area contributed by atoms with Crippen LogP contribution >= 0.6 is 46.4 Å². The lowest BCUT2D eigenvalue weighted by atomic mass is 9.91. The topological polar surface area (TPSA) is 391 Å². The number of nitrogens with one attached hydrogen (secondary N) is 4. The Morgan fingerprint density at radius 2 is 0.764 bits per heavy atom. The first-order valence-electron chi connectivity index (χ1n) is 51.2. The molecule has 29 nitrogen and oxygen atoms in total. The number of benzene rings is 4. The first-order valence-corrected chi connectivity index (χ1v) is 52.7. The number of aromatic nitrogens is 17. The minimum absolute atomic E-state index is 0.0242. The molecule has 10 N–H and O–H groups in total. The summed E-state index contributed by atoms with van der Waals surface area (Å²) in [6.45, 7) is 16.2. The lowest BCUT2D eigenvalue weighted by molar-refractivity contribution is 0.195. The highest BCUT2D eigenvalue weighted by Gasteiger charge is 2.32. The summed E-state index contributed by atoms with van der Waals surface area (Å²) in [5.41, 5.74) is 37.0. The molecule has 13 aromatic heterocycles. The molecule has 17 aromatic rings. The van der Waals surface area contributed by atoms with Crippen molar-refractivity contribution in [2.75, 3.05) is 41.0 Å². The van der Waals surface area contributed by atoms with Crippen LogP contribution in [0.4, 0.5) is 23.8 Å². The number of aryl methyl sites for hydroxylation is 4. The van der Waals surface area contributed by atoms with Gasteiger partial charge in [0.05, 0.1) is 47.7 Å². The zero-order valence-corrected chi connectivity index (χ0v) is 86.9. The molecule has 4 aromatic carbocycles. The smallest absolute Gasteiger partial charge is 0.260 e. The summed E-state index contributed by atoms with van der Waals surface area (Å²) in [5, 5.41) is 18.4. The lowest BCUT2D eigenvalue weighted by Crippen LogP contribution is -2.33. The first kappa shape index (κ1) is 103. The predicted molar refractivity (Wildman–Crippen MR) is 595 cm³/mol. The van der Waals surface area contributed by atoms with Crippen molar-refractivity contribution in [3.63, 3.8) is 0 Å². The van der Waals surface area contributed by atoms with Crippen molar-refractivity contribution >= 4 is 114 Å². The largest absolute Gasteiger partial charge is 0.379 e. The van der Waals surface area contributed by atoms with E-state index in [9.17, 15) is 19.2 Å². The van der Waals surface area contributed by atoms with Gasteiger partial charge < -0.3 is 43.2 Å². The van der Waals surface area contributed by atoms with Crippen LogP contribution in [-0.4, -0.2) is 139 Å². The third-order valence-electron chi connectivity index (χ3n) is 28.3. The number of hydrogen-bond acceptors (Lipinski definition) is 25. The fourth-order valence-corrected chi connectivity index (χ4v) is 21.7. The van der Waals surface area contributed by atoms with Crippen LogP contribution in [0.25, 0.3) is 134 Å². The average molecular weight is 2060 g/mol. The van der Waals surface area contributed by atoms with Gasteiger partial charge in [-0.25, -0.2) is 19.9 Å². The summed E-state index contributed by atoms with van der Waals surface area (Å²) in [5.74, 6) is 2.08. The molecule has 22 rings (SSSR count). The molecule has 4 aliphatic carbocycles. The van der Waals surface area contributed by atoms with E-state index in [2.05, 4.69) is 66.1 Å². The zero-order valence-electron chi connectivity index (χ0n) is 83.9. The number of rotatable bonds is 21. The van der Waals surface area contributed by atoms with Crippen LogP contribution in [-0.2, 0) is 11.3 Å². The van der Waals surface area contributed by atoms with Gasteiger partial charge in [0.25, 0.3) is 22.2 Å². The molecule has 5 aliphatic rings. The van der Waals surface area contributed by atoms with Gasteiger partial charge in [0.15, 0.2) is 0 Å². The van der Waals surface area contributed by atoms with Crippen LogP contribution in [0.2, 0.25) is 20.1 Å². The van der Waals surface area contributed by atoms with Crippen molar-refractivity contribution < 1.29 is 4.74 Å². The second kappa shape index (κ2) is 46.2. The number of nitrogens with zero attached hydrogens (tertiary/aromatic N) is 17. The molecule has 0 spiro atoms. The molecule has 0 amide bonds. The summed E-state index contributed by atoms with van der Waals surface area (Å²) < 4.78 is 12.7. The molecule has 33 heteroatoms. The van der Waals surface area contributed by atoms with Crippen molar-refractivity contribution in [2.24, 2.45) is 17.2 Å². The average Bonchev–Trinajstić information content (AvgIpc) is 0.807. The Kier molecular flexibility index (Phi) is 32.0. The maximum atomic E-state index is 14.2. The Morgan fingerprint density at radius 3 is 1.17 bits per heavy atom. The third kappa shape index (κ3) is 23.4. The van der Waals surface area contributed by atoms with Crippen molar-refractivity contribution in [1.82, 2.24) is 83.1 Å². The van der Waals surface area contributed by atoms with Gasteiger partial charge in [-0.1, -0.05) is 145 Å². The Balaban J connectivity index is 0.000000124. The van der Waals surface area contributed by atoms with Crippen LogP contribution in [0, 0.1) is 27.7 Å². The van der Waals surface area contributed by atoms with Crippen molar-refractivity contribution in [3.05, 3.63) is 309 Å². The highest BCUT2D eigenvalue weighted by molar-refractivity contribution is 6.35. The van der Waals surface area contributed by atoms with E-state index in [1.165, 1.54) is 19.3 Å². The summed E-state index contributed by atoms with van der Waals surface area (Å²) >= 11 is 27.2. The molecule has 0 unspecified atom stereocenters. The van der Waals surface area contributed by atoms with E-state index in [0.29, 0.717) is 137 Å². The number of nitrogens with two attached hydrogens (primary N) is 3. The summed E-state index contributed by atoms with van der Waals surface area (Å²) in [7, 11) is 0. The van der Waals surface area contributed by atoms with Gasteiger partial charge in [-0.05, 0) is 253 Å². The van der Waals surface area contributed by atoms with E-state index in [0.717, 1.165) is 191 Å². The van der Waals surface area contributed by atoms with Gasteiger partial charge in [-0.2, -0.15) is 19.9 Å². The standard InChI is InChI=1S/C31H35ClN6O.C29H25ClN6O2.C28H31ClN6O.C27H29ClN6O/c1-19-6-5-9-28(35-19)20-10-15-25(27(32)17-20)26-16-21-18-34-31(36-23-7-3-2-4-8-23)37-29(21)38(30(26)39)24-13-11-22(33)12-14-24;1-18-5-4-11-32-26(18)19-7-8-23(25(30)14-19)24-13-20-15-33-29(34-22-9-12-38-17-22)35-27(20)36(28(24)37)16-21-6-2-3-10-31-21;1-16(2)32-28-31-15-19-13-23(27(36)35(26(19)34-28)21-10-8-20(30)9-11-21)22-12-7-18(14-24(22)29)25-6-4-5-17(3)33-25;1-3-30-27-31-15-18-13-22(26(35)34(25(18)33-27)20-10-8-19(29)9-11-20)21-12-7-17(14-23(21)28)24-6-4-5-16(2)32-24/h5-6,9-10,15-18,22-24H,2-4,7-8,11-14,33H2,1H3,(H,34,36,37);2-8,10-11,13-15,22H,9,12,16-17H2,1H3,(H,33,34,35);4-7,12-16,20-21H,8-11,30H2,1-3H3,(H,31,32,34);4-7,12-15,19-20H,3,8-11,29H2,1-2H3,(H,30,31,33)/t;22-;;/m.1../s1. The second-order valence-electron chi connectivity index (χ2n) is 39.5. The molecule has 1 aliphatic heterocycles. The number of hydrogen-bond donors (Lipinski definition) is 7. The first-order chi connectivity index (χ1) is 71.8. The molecule has 5 fully saturated rings. The molecule has 0 radical (unpaired) electrons. The second-order valence-corrected chi connectivity index (χ2v) is 41.1. The van der Waals surface area contributed by atoms with Crippen LogP contribution in [0.1, 0.15) is 183 Å². The molecule has 1 atom stereocenters. The van der Waals surface area contributed by atoms with Gasteiger partial charge in [-0.3, -0.25) is 62.4 Å². The number of anilines is 4.